The van der Waals surface area contributed by atoms with Crippen molar-refractivity contribution in [2.24, 2.45) is 11.8 Å². The Hall–Kier alpha value is -2.24. The first-order chi connectivity index (χ1) is 11.5. The van der Waals surface area contributed by atoms with E-state index in [0.29, 0.717) is 30.8 Å². The summed E-state index contributed by atoms with van der Waals surface area (Å²) in [6, 6.07) is 5.30. The van der Waals surface area contributed by atoms with Crippen LogP contribution in [0.25, 0.3) is 0 Å². The van der Waals surface area contributed by atoms with Gasteiger partial charge in [0.05, 0.1) is 26.1 Å². The standard InChI is InChI=1S/C18H24O6/c1-22-15-8-7-14(16(10-15)23-2)11-24-18(21)13-6-4-3-5-12(9-13)17(19)20/h7-8,10,12-13H,3-6,9,11H2,1-2H3,(H,19,20). The molecule has 1 N–H and O–H groups in total. The Balaban J connectivity index is 1.98. The van der Waals surface area contributed by atoms with Gasteiger partial charge in [0.15, 0.2) is 0 Å². The molecule has 1 aliphatic rings. The number of hydrogen-bond donors (Lipinski definition) is 1. The second kappa shape index (κ2) is 8.57. The van der Waals surface area contributed by atoms with Crippen LogP contribution in [-0.2, 0) is 20.9 Å². The van der Waals surface area contributed by atoms with E-state index < -0.39 is 11.9 Å². The van der Waals surface area contributed by atoms with Crippen LogP contribution in [0.3, 0.4) is 0 Å². The van der Waals surface area contributed by atoms with E-state index in [2.05, 4.69) is 0 Å². The van der Waals surface area contributed by atoms with Gasteiger partial charge in [-0.1, -0.05) is 12.8 Å². The maximum Gasteiger partial charge on any atom is 0.309 e. The molecular formula is C18H24O6. The number of carbonyl (C=O) groups excluding carboxylic acids is 1. The van der Waals surface area contributed by atoms with Crippen LogP contribution in [0.4, 0.5) is 0 Å². The molecule has 0 aliphatic heterocycles. The predicted molar refractivity (Wildman–Crippen MR) is 87.0 cm³/mol. The second-order valence-corrected chi connectivity index (χ2v) is 6.04. The van der Waals surface area contributed by atoms with Gasteiger partial charge in [-0.25, -0.2) is 0 Å². The number of esters is 1. The summed E-state index contributed by atoms with van der Waals surface area (Å²) in [4.78, 5) is 23.6. The molecule has 6 heteroatoms. The van der Waals surface area contributed by atoms with Gasteiger partial charge < -0.3 is 19.3 Å². The maximum atomic E-state index is 12.3. The summed E-state index contributed by atoms with van der Waals surface area (Å²) in [7, 11) is 3.11. The molecule has 24 heavy (non-hydrogen) atoms. The molecule has 2 unspecified atom stereocenters. The maximum absolute atomic E-state index is 12.3. The minimum absolute atomic E-state index is 0.0975. The monoisotopic (exact) mass is 336 g/mol. The van der Waals surface area contributed by atoms with Crippen LogP contribution < -0.4 is 9.47 Å². The molecule has 6 nitrogen and oxygen atoms in total. The number of rotatable bonds is 6. The zero-order valence-electron chi connectivity index (χ0n) is 14.1. The van der Waals surface area contributed by atoms with E-state index in [0.717, 1.165) is 18.4 Å². The summed E-state index contributed by atoms with van der Waals surface area (Å²) in [5.74, 6) is -0.715. The van der Waals surface area contributed by atoms with Gasteiger partial charge in [0, 0.05) is 11.6 Å². The van der Waals surface area contributed by atoms with Gasteiger partial charge in [0.2, 0.25) is 0 Å². The van der Waals surface area contributed by atoms with Crippen molar-refractivity contribution in [2.75, 3.05) is 14.2 Å². The smallest absolute Gasteiger partial charge is 0.309 e. The number of methoxy groups -OCH3 is 2. The zero-order valence-corrected chi connectivity index (χ0v) is 14.1. The SMILES string of the molecule is COc1ccc(COC(=O)C2CCCCC(C(=O)O)C2)c(OC)c1. The fourth-order valence-electron chi connectivity index (χ4n) is 3.04. The number of ether oxygens (including phenoxy) is 3. The molecule has 1 fully saturated rings. The van der Waals surface area contributed by atoms with Crippen LogP contribution in [-0.4, -0.2) is 31.3 Å². The summed E-state index contributed by atoms with van der Waals surface area (Å²) in [6.07, 6.45) is 3.37. The molecule has 0 heterocycles. The van der Waals surface area contributed by atoms with Crippen molar-refractivity contribution >= 4 is 11.9 Å². The molecule has 1 saturated carbocycles. The largest absolute Gasteiger partial charge is 0.497 e. The summed E-state index contributed by atoms with van der Waals surface area (Å²) >= 11 is 0. The number of carbonyl (C=O) groups is 2. The lowest BCUT2D eigenvalue weighted by Crippen LogP contribution is -2.23. The third-order valence-corrected chi connectivity index (χ3v) is 4.47. The van der Waals surface area contributed by atoms with Crippen molar-refractivity contribution in [3.63, 3.8) is 0 Å². The molecule has 1 aromatic carbocycles. The van der Waals surface area contributed by atoms with Gasteiger partial charge in [0.25, 0.3) is 0 Å². The Labute approximate surface area is 141 Å². The summed E-state index contributed by atoms with van der Waals surface area (Å²) in [5, 5.41) is 9.21. The normalized spacial score (nSPS) is 20.8. The highest BCUT2D eigenvalue weighted by molar-refractivity contribution is 5.75. The topological polar surface area (TPSA) is 82.1 Å². The first kappa shape index (κ1) is 18.1. The van der Waals surface area contributed by atoms with Crippen LogP contribution >= 0.6 is 0 Å². The average molecular weight is 336 g/mol. The van der Waals surface area contributed by atoms with Crippen molar-refractivity contribution in [3.8, 4) is 11.5 Å². The summed E-state index contributed by atoms with van der Waals surface area (Å²) < 4.78 is 15.8. The molecule has 0 spiro atoms. The lowest BCUT2D eigenvalue weighted by Gasteiger charge is -2.17. The number of benzene rings is 1. The van der Waals surface area contributed by atoms with E-state index >= 15 is 0 Å². The Morgan fingerprint density at radius 2 is 1.83 bits per heavy atom. The Morgan fingerprint density at radius 3 is 2.46 bits per heavy atom. The van der Waals surface area contributed by atoms with E-state index in [4.69, 9.17) is 14.2 Å². The van der Waals surface area contributed by atoms with Crippen LogP contribution in [0.1, 0.15) is 37.7 Å². The van der Waals surface area contributed by atoms with Crippen molar-refractivity contribution < 1.29 is 28.9 Å². The molecule has 1 aromatic rings. The highest BCUT2D eigenvalue weighted by Gasteiger charge is 2.30. The van der Waals surface area contributed by atoms with Crippen LogP contribution in [0, 0.1) is 11.8 Å². The average Bonchev–Trinajstić information content (AvgIpc) is 2.85. The van der Waals surface area contributed by atoms with E-state index in [1.807, 2.05) is 0 Å². The van der Waals surface area contributed by atoms with E-state index in [1.165, 1.54) is 0 Å². The molecule has 132 valence electrons. The number of carboxylic acids is 1. The Bertz CT molecular complexity index is 583. The Morgan fingerprint density at radius 1 is 1.12 bits per heavy atom. The molecule has 1 aliphatic carbocycles. The Kier molecular flexibility index (Phi) is 6.46. The molecular weight excluding hydrogens is 312 g/mol. The summed E-state index contributed by atoms with van der Waals surface area (Å²) in [6.45, 7) is 0.0975. The highest BCUT2D eigenvalue weighted by atomic mass is 16.5. The van der Waals surface area contributed by atoms with Crippen molar-refractivity contribution in [3.05, 3.63) is 23.8 Å². The third-order valence-electron chi connectivity index (χ3n) is 4.47. The molecule has 0 bridgehead atoms. The van der Waals surface area contributed by atoms with Crippen LogP contribution in [0.5, 0.6) is 11.5 Å². The second-order valence-electron chi connectivity index (χ2n) is 6.04. The quantitative estimate of drug-likeness (QED) is 0.635. The van der Waals surface area contributed by atoms with Gasteiger partial charge in [-0.15, -0.1) is 0 Å². The number of aliphatic carboxylic acids is 1. The zero-order chi connectivity index (χ0) is 17.5. The predicted octanol–water partition coefficient (Wildman–Crippen LogP) is 3.03. The third kappa shape index (κ3) is 4.63. The van der Waals surface area contributed by atoms with Gasteiger partial charge >= 0.3 is 11.9 Å². The fourth-order valence-corrected chi connectivity index (χ4v) is 3.04. The van der Waals surface area contributed by atoms with E-state index in [-0.39, 0.29) is 18.5 Å². The van der Waals surface area contributed by atoms with E-state index in [9.17, 15) is 14.7 Å². The first-order valence-corrected chi connectivity index (χ1v) is 8.15. The van der Waals surface area contributed by atoms with Crippen molar-refractivity contribution in [2.45, 2.75) is 38.7 Å². The van der Waals surface area contributed by atoms with Gasteiger partial charge in [-0.05, 0) is 31.4 Å². The lowest BCUT2D eigenvalue weighted by atomic mass is 9.93. The number of hydrogen-bond acceptors (Lipinski definition) is 5. The molecule has 0 saturated heterocycles. The van der Waals surface area contributed by atoms with Crippen LogP contribution in [0.15, 0.2) is 18.2 Å². The van der Waals surface area contributed by atoms with Crippen LogP contribution in [0.2, 0.25) is 0 Å². The van der Waals surface area contributed by atoms with Gasteiger partial charge in [0.1, 0.15) is 18.1 Å². The molecule has 0 amide bonds. The van der Waals surface area contributed by atoms with Gasteiger partial charge in [-0.2, -0.15) is 0 Å². The number of carboxylic acid groups (broad SMARTS) is 1. The fraction of sp³-hybridized carbons (Fsp3) is 0.556. The minimum atomic E-state index is -0.827. The molecule has 0 radical (unpaired) electrons. The highest BCUT2D eigenvalue weighted by Crippen LogP contribution is 2.30. The molecule has 0 aromatic heterocycles. The van der Waals surface area contributed by atoms with E-state index in [1.54, 1.807) is 32.4 Å². The van der Waals surface area contributed by atoms with Crippen molar-refractivity contribution in [1.29, 1.82) is 0 Å². The molecule has 2 rings (SSSR count). The minimum Gasteiger partial charge on any atom is -0.497 e. The van der Waals surface area contributed by atoms with Gasteiger partial charge in [-0.3, -0.25) is 9.59 Å². The lowest BCUT2D eigenvalue weighted by molar-refractivity contribution is -0.151. The van der Waals surface area contributed by atoms with Crippen molar-refractivity contribution in [1.82, 2.24) is 0 Å². The summed E-state index contributed by atoms with van der Waals surface area (Å²) in [5.41, 5.74) is 0.745. The first-order valence-electron chi connectivity index (χ1n) is 8.15. The molecule has 2 atom stereocenters.